The molecule has 2 heteroatoms. The molecular weight excluding hydrogens is 318 g/mol. The van der Waals surface area contributed by atoms with Crippen LogP contribution in [0, 0.1) is 6.92 Å². The summed E-state index contributed by atoms with van der Waals surface area (Å²) in [7, 11) is 0.904. The van der Waals surface area contributed by atoms with Crippen LogP contribution in [-0.2, 0) is 0 Å². The van der Waals surface area contributed by atoms with E-state index in [4.69, 9.17) is 0 Å². The van der Waals surface area contributed by atoms with E-state index >= 15 is 0 Å². The van der Waals surface area contributed by atoms with Crippen LogP contribution in [-0.4, -0.2) is 20.0 Å². The van der Waals surface area contributed by atoms with Crippen molar-refractivity contribution >= 4 is 8.07 Å². The molecule has 25 heavy (non-hydrogen) atoms. The number of allylic oxidation sites excluding steroid dienone is 2. The summed E-state index contributed by atoms with van der Waals surface area (Å²) in [6.45, 7) is 14.4. The van der Waals surface area contributed by atoms with Crippen molar-refractivity contribution in [3.05, 3.63) is 57.9 Å². The number of hydrogen-bond donors (Lipinski definition) is 0. The van der Waals surface area contributed by atoms with Crippen LogP contribution in [0.5, 0.6) is 0 Å². The first-order valence-electron chi connectivity index (χ1n) is 9.97. The van der Waals surface area contributed by atoms with Gasteiger partial charge in [0, 0.05) is 7.05 Å². The number of aryl methyl sites for hydroxylation is 1. The molecule has 0 amide bonds. The number of hydrogen-bond acceptors (Lipinski definition) is 1. The zero-order valence-corrected chi connectivity index (χ0v) is 18.4. The molecule has 1 aliphatic rings. The topological polar surface area (TPSA) is 3.24 Å². The molecule has 0 N–H and O–H groups in total. The minimum Gasteiger partial charge on any atom is -0.370 e. The monoisotopic (exact) mass is 355 g/mol. The number of rotatable bonds is 7. The van der Waals surface area contributed by atoms with Gasteiger partial charge in [-0.25, -0.2) is 0 Å². The molecule has 1 aliphatic heterocycles. The highest BCUT2D eigenvalue weighted by molar-refractivity contribution is 6.84. The minimum absolute atomic E-state index is 0.391. The molecule has 0 saturated carbocycles. The van der Waals surface area contributed by atoms with Crippen LogP contribution >= 0.6 is 0 Å². The fourth-order valence-electron chi connectivity index (χ4n) is 4.09. The summed E-state index contributed by atoms with van der Waals surface area (Å²) in [5.74, 6) is 0. The van der Waals surface area contributed by atoms with Gasteiger partial charge in [-0.1, -0.05) is 70.1 Å². The Morgan fingerprint density at radius 2 is 1.68 bits per heavy atom. The van der Waals surface area contributed by atoms with Gasteiger partial charge in [-0.05, 0) is 60.4 Å². The number of benzene rings is 1. The van der Waals surface area contributed by atoms with Crippen molar-refractivity contribution in [2.75, 3.05) is 7.05 Å². The van der Waals surface area contributed by atoms with E-state index in [1.54, 1.807) is 16.3 Å². The third-order valence-electron chi connectivity index (χ3n) is 5.52. The lowest BCUT2D eigenvalue weighted by molar-refractivity contribution is 0.365. The highest BCUT2D eigenvalue weighted by Gasteiger charge is 2.32. The quantitative estimate of drug-likeness (QED) is 0.375. The molecule has 0 aromatic heterocycles. The molecule has 1 heterocycles. The Balaban J connectivity index is 2.42. The molecule has 0 aliphatic carbocycles. The van der Waals surface area contributed by atoms with E-state index < -0.39 is 8.07 Å². The van der Waals surface area contributed by atoms with E-state index in [1.165, 1.54) is 43.2 Å². The van der Waals surface area contributed by atoms with Gasteiger partial charge in [0.1, 0.15) is 0 Å². The second kappa shape index (κ2) is 8.40. The largest absolute Gasteiger partial charge is 0.370 e. The van der Waals surface area contributed by atoms with Crippen LogP contribution in [0.2, 0.25) is 19.6 Å². The molecule has 0 radical (unpaired) electrons. The Morgan fingerprint density at radius 3 is 2.28 bits per heavy atom. The summed E-state index contributed by atoms with van der Waals surface area (Å²) in [6.07, 6.45) is 9.08. The van der Waals surface area contributed by atoms with Gasteiger partial charge < -0.3 is 4.90 Å². The van der Waals surface area contributed by atoms with Crippen LogP contribution in [0.1, 0.15) is 63.1 Å². The van der Waals surface area contributed by atoms with E-state index in [9.17, 15) is 0 Å². The van der Waals surface area contributed by atoms with E-state index in [1.807, 2.05) is 0 Å². The lowest BCUT2D eigenvalue weighted by atomic mass is 9.88. The molecule has 0 bridgehead atoms. The van der Waals surface area contributed by atoms with Crippen molar-refractivity contribution in [2.45, 2.75) is 78.6 Å². The Morgan fingerprint density at radius 1 is 1.00 bits per heavy atom. The summed E-state index contributed by atoms with van der Waals surface area (Å²) < 4.78 is 0. The molecule has 1 unspecified atom stereocenters. The summed E-state index contributed by atoms with van der Waals surface area (Å²) in [6, 6.07) is 9.28. The van der Waals surface area contributed by atoms with Crippen molar-refractivity contribution < 1.29 is 0 Å². The number of likely N-dealkylation sites (N-methyl/N-ethyl adjacent to an activating group) is 1. The predicted octanol–water partition coefficient (Wildman–Crippen LogP) is 7.03. The number of unbranched alkanes of at least 4 members (excludes halogenated alkanes) is 3. The second-order valence-corrected chi connectivity index (χ2v) is 13.7. The van der Waals surface area contributed by atoms with Crippen LogP contribution in [0.3, 0.4) is 0 Å². The Labute approximate surface area is 156 Å². The molecule has 1 atom stereocenters. The standard InChI is InChI=1S/C23H37NSi/c1-8-9-10-11-16-21-19(3)23(20-15-13-12-14-18(20)2)24(4)17-22(21)25(5,6)7/h12-15,17,23H,8-11,16H2,1-7H3. The van der Waals surface area contributed by atoms with E-state index in [-0.39, 0.29) is 0 Å². The first-order valence-corrected chi connectivity index (χ1v) is 13.5. The van der Waals surface area contributed by atoms with Crippen LogP contribution < -0.4 is 0 Å². The third-order valence-corrected chi connectivity index (χ3v) is 7.57. The fraction of sp³-hybridized carbons (Fsp3) is 0.565. The normalized spacial score (nSPS) is 18.6. The highest BCUT2D eigenvalue weighted by Crippen LogP contribution is 2.41. The Bertz CT molecular complexity index is 648. The molecule has 1 aromatic rings. The Hall–Kier alpha value is -1.28. The minimum atomic E-state index is -1.35. The van der Waals surface area contributed by atoms with Gasteiger partial charge in [-0.2, -0.15) is 0 Å². The van der Waals surface area contributed by atoms with Gasteiger partial charge in [0.05, 0.1) is 14.1 Å². The molecule has 1 aromatic carbocycles. The van der Waals surface area contributed by atoms with Crippen molar-refractivity contribution in [2.24, 2.45) is 0 Å². The smallest absolute Gasteiger partial charge is 0.0798 e. The second-order valence-electron chi connectivity index (χ2n) is 8.69. The molecular formula is C23H37NSi. The van der Waals surface area contributed by atoms with Gasteiger partial charge >= 0.3 is 0 Å². The Kier molecular flexibility index (Phi) is 6.73. The van der Waals surface area contributed by atoms with Crippen molar-refractivity contribution in [1.82, 2.24) is 4.90 Å². The molecule has 0 spiro atoms. The first-order chi connectivity index (χ1) is 11.8. The summed E-state index contributed by atoms with van der Waals surface area (Å²) in [4.78, 5) is 2.46. The first kappa shape index (κ1) is 20.0. The maximum absolute atomic E-state index is 2.49. The third kappa shape index (κ3) is 4.66. The molecule has 0 saturated heterocycles. The lowest BCUT2D eigenvalue weighted by Gasteiger charge is -2.39. The van der Waals surface area contributed by atoms with E-state index in [0.29, 0.717) is 6.04 Å². The number of nitrogens with zero attached hydrogens (tertiary/aromatic N) is 1. The zero-order chi connectivity index (χ0) is 18.6. The maximum Gasteiger partial charge on any atom is 0.0798 e. The maximum atomic E-state index is 2.49. The van der Waals surface area contributed by atoms with Crippen LogP contribution in [0.15, 0.2) is 46.8 Å². The van der Waals surface area contributed by atoms with Gasteiger partial charge in [-0.3, -0.25) is 0 Å². The molecule has 0 fully saturated rings. The van der Waals surface area contributed by atoms with Gasteiger partial charge in [-0.15, -0.1) is 0 Å². The van der Waals surface area contributed by atoms with Crippen molar-refractivity contribution in [3.63, 3.8) is 0 Å². The lowest BCUT2D eigenvalue weighted by Crippen LogP contribution is -2.34. The molecule has 1 nitrogen and oxygen atoms in total. The van der Waals surface area contributed by atoms with E-state index in [0.717, 1.165) is 0 Å². The summed E-state index contributed by atoms with van der Waals surface area (Å²) in [5.41, 5.74) is 6.10. The SMILES string of the molecule is CCCCCCC1=C(C)C(c2ccccc2C)N(C)C=C1[Si](C)(C)C. The zero-order valence-electron chi connectivity index (χ0n) is 17.4. The van der Waals surface area contributed by atoms with E-state index in [2.05, 4.69) is 82.8 Å². The molecule has 2 rings (SSSR count). The van der Waals surface area contributed by atoms with Crippen LogP contribution in [0.4, 0.5) is 0 Å². The highest BCUT2D eigenvalue weighted by atomic mass is 28.3. The summed E-state index contributed by atoms with van der Waals surface area (Å²) >= 11 is 0. The fourth-order valence-corrected chi connectivity index (χ4v) is 5.91. The van der Waals surface area contributed by atoms with Crippen molar-refractivity contribution in [1.29, 1.82) is 0 Å². The predicted molar refractivity (Wildman–Crippen MR) is 115 cm³/mol. The molecule has 138 valence electrons. The van der Waals surface area contributed by atoms with Crippen LogP contribution in [0.25, 0.3) is 0 Å². The average molecular weight is 356 g/mol. The van der Waals surface area contributed by atoms with Gasteiger partial charge in [0.2, 0.25) is 0 Å². The average Bonchev–Trinajstić information content (AvgIpc) is 2.53. The van der Waals surface area contributed by atoms with Gasteiger partial charge in [0.15, 0.2) is 0 Å². The van der Waals surface area contributed by atoms with Crippen molar-refractivity contribution in [3.8, 4) is 0 Å². The summed E-state index contributed by atoms with van der Waals surface area (Å²) in [5, 5.41) is 1.66. The van der Waals surface area contributed by atoms with Gasteiger partial charge in [0.25, 0.3) is 0 Å².